The standard InChI is InChI=1S/C13H21N3O2/c1-13(7-5-9-14(13)2)8-6-10-11(17)16(4)12(18)15(10)3/h6H,5,7-9H2,1-4H3/b10-6+. The first kappa shape index (κ1) is 13.1. The van der Waals surface area contributed by atoms with Crippen LogP contribution in [0.2, 0.25) is 0 Å². The maximum atomic E-state index is 11.9. The maximum Gasteiger partial charge on any atom is 0.331 e. The Balaban J connectivity index is 2.15. The Morgan fingerprint density at radius 2 is 1.89 bits per heavy atom. The lowest BCUT2D eigenvalue weighted by atomic mass is 9.94. The predicted octanol–water partition coefficient (Wildman–Crippen LogP) is 1.27. The largest absolute Gasteiger partial charge is 0.331 e. The fraction of sp³-hybridized carbons (Fsp3) is 0.692. The van der Waals surface area contributed by atoms with Crippen molar-refractivity contribution in [1.82, 2.24) is 14.7 Å². The molecule has 1 atom stereocenters. The first-order valence-corrected chi connectivity index (χ1v) is 6.34. The second kappa shape index (κ2) is 4.39. The van der Waals surface area contributed by atoms with E-state index in [-0.39, 0.29) is 17.5 Å². The van der Waals surface area contributed by atoms with Crippen LogP contribution in [0, 0.1) is 0 Å². The molecule has 0 aromatic rings. The smallest absolute Gasteiger partial charge is 0.301 e. The Morgan fingerprint density at radius 3 is 2.33 bits per heavy atom. The van der Waals surface area contributed by atoms with Gasteiger partial charge in [0.05, 0.1) is 0 Å². The number of likely N-dealkylation sites (tertiary alicyclic amines) is 1. The van der Waals surface area contributed by atoms with Gasteiger partial charge in [0.25, 0.3) is 5.91 Å². The Labute approximate surface area is 108 Å². The fourth-order valence-electron chi connectivity index (χ4n) is 2.69. The van der Waals surface area contributed by atoms with E-state index in [4.69, 9.17) is 0 Å². The maximum absolute atomic E-state index is 11.9. The first-order valence-electron chi connectivity index (χ1n) is 6.34. The molecule has 18 heavy (non-hydrogen) atoms. The van der Waals surface area contributed by atoms with E-state index in [1.807, 2.05) is 6.08 Å². The summed E-state index contributed by atoms with van der Waals surface area (Å²) in [5.74, 6) is -0.202. The number of rotatable bonds is 2. The third-order valence-corrected chi connectivity index (χ3v) is 4.32. The molecule has 0 aromatic carbocycles. The molecule has 3 amide bonds. The van der Waals surface area contributed by atoms with Crippen molar-refractivity contribution in [3.05, 3.63) is 11.8 Å². The lowest BCUT2D eigenvalue weighted by molar-refractivity contribution is -0.122. The number of hydrogen-bond acceptors (Lipinski definition) is 3. The topological polar surface area (TPSA) is 43.9 Å². The van der Waals surface area contributed by atoms with Gasteiger partial charge in [-0.05, 0) is 39.8 Å². The van der Waals surface area contributed by atoms with Crippen molar-refractivity contribution < 1.29 is 9.59 Å². The van der Waals surface area contributed by atoms with Crippen molar-refractivity contribution in [2.45, 2.75) is 31.7 Å². The van der Waals surface area contributed by atoms with Crippen molar-refractivity contribution in [3.63, 3.8) is 0 Å². The Morgan fingerprint density at radius 1 is 1.22 bits per heavy atom. The summed E-state index contributed by atoms with van der Waals surface area (Å²) in [7, 11) is 5.28. The summed E-state index contributed by atoms with van der Waals surface area (Å²) in [6.45, 7) is 3.31. The van der Waals surface area contributed by atoms with Gasteiger partial charge >= 0.3 is 6.03 Å². The van der Waals surface area contributed by atoms with Gasteiger partial charge in [-0.3, -0.25) is 14.6 Å². The van der Waals surface area contributed by atoms with E-state index >= 15 is 0 Å². The average molecular weight is 251 g/mol. The third-order valence-electron chi connectivity index (χ3n) is 4.32. The Bertz CT molecular complexity index is 418. The molecule has 2 heterocycles. The molecule has 0 N–H and O–H groups in total. The zero-order valence-corrected chi connectivity index (χ0v) is 11.6. The minimum atomic E-state index is -0.254. The molecule has 5 heteroatoms. The van der Waals surface area contributed by atoms with Crippen molar-refractivity contribution in [3.8, 4) is 0 Å². The molecule has 2 rings (SSSR count). The van der Waals surface area contributed by atoms with E-state index < -0.39 is 0 Å². The summed E-state index contributed by atoms with van der Waals surface area (Å²) < 4.78 is 0. The van der Waals surface area contributed by atoms with Crippen LogP contribution in [-0.2, 0) is 4.79 Å². The monoisotopic (exact) mass is 251 g/mol. The second-order valence-electron chi connectivity index (χ2n) is 5.52. The van der Waals surface area contributed by atoms with E-state index in [0.717, 1.165) is 24.3 Å². The molecule has 100 valence electrons. The van der Waals surface area contributed by atoms with Gasteiger partial charge in [0.1, 0.15) is 5.70 Å². The SMILES string of the molecule is CN1C(=O)/C(=C\CC2(C)CCCN2C)N(C)C1=O. The molecule has 2 saturated heterocycles. The third kappa shape index (κ3) is 1.92. The van der Waals surface area contributed by atoms with Crippen LogP contribution in [0.3, 0.4) is 0 Å². The van der Waals surface area contributed by atoms with Crippen molar-refractivity contribution in [1.29, 1.82) is 0 Å². The minimum Gasteiger partial charge on any atom is -0.301 e. The van der Waals surface area contributed by atoms with Gasteiger partial charge in [0, 0.05) is 19.6 Å². The molecular formula is C13H21N3O2. The van der Waals surface area contributed by atoms with E-state index in [1.54, 1.807) is 7.05 Å². The lowest BCUT2D eigenvalue weighted by Crippen LogP contribution is -2.37. The summed E-state index contributed by atoms with van der Waals surface area (Å²) in [5, 5.41) is 0. The zero-order chi connectivity index (χ0) is 13.5. The van der Waals surface area contributed by atoms with Crippen molar-refractivity contribution in [2.24, 2.45) is 0 Å². The van der Waals surface area contributed by atoms with Crippen LogP contribution in [0.15, 0.2) is 11.8 Å². The summed E-state index contributed by atoms with van der Waals surface area (Å²) in [5.41, 5.74) is 0.613. The van der Waals surface area contributed by atoms with Gasteiger partial charge < -0.3 is 4.90 Å². The lowest BCUT2D eigenvalue weighted by Gasteiger charge is -2.31. The Hall–Kier alpha value is -1.36. The van der Waals surface area contributed by atoms with Crippen LogP contribution in [0.4, 0.5) is 4.79 Å². The summed E-state index contributed by atoms with van der Waals surface area (Å²) in [6.07, 6.45) is 5.04. The molecule has 5 nitrogen and oxygen atoms in total. The molecule has 0 aliphatic carbocycles. The molecular weight excluding hydrogens is 230 g/mol. The molecule has 1 unspecified atom stereocenters. The van der Waals surface area contributed by atoms with Crippen LogP contribution in [0.5, 0.6) is 0 Å². The predicted molar refractivity (Wildman–Crippen MR) is 68.9 cm³/mol. The summed E-state index contributed by atoms with van der Waals surface area (Å²) in [4.78, 5) is 28.5. The quantitative estimate of drug-likeness (QED) is 0.548. The number of carbonyl (C=O) groups excluding carboxylic acids is 2. The molecule has 0 bridgehead atoms. The van der Waals surface area contributed by atoms with Crippen molar-refractivity contribution in [2.75, 3.05) is 27.7 Å². The minimum absolute atomic E-state index is 0.109. The highest BCUT2D eigenvalue weighted by Crippen LogP contribution is 2.32. The Kier molecular flexibility index (Phi) is 3.19. The molecule has 2 aliphatic heterocycles. The van der Waals surface area contributed by atoms with Gasteiger partial charge in [-0.25, -0.2) is 4.79 Å². The van der Waals surface area contributed by atoms with Gasteiger partial charge in [-0.15, -0.1) is 0 Å². The van der Waals surface area contributed by atoms with Gasteiger partial charge in [0.2, 0.25) is 0 Å². The highest BCUT2D eigenvalue weighted by atomic mass is 16.2. The number of carbonyl (C=O) groups is 2. The zero-order valence-electron chi connectivity index (χ0n) is 11.6. The number of nitrogens with zero attached hydrogens (tertiary/aromatic N) is 3. The van der Waals surface area contributed by atoms with E-state index in [1.165, 1.54) is 18.4 Å². The van der Waals surface area contributed by atoms with Crippen LogP contribution in [0.1, 0.15) is 26.2 Å². The van der Waals surface area contributed by atoms with E-state index in [2.05, 4.69) is 18.9 Å². The molecule has 0 saturated carbocycles. The first-order chi connectivity index (χ1) is 8.37. The molecule has 2 fully saturated rings. The van der Waals surface area contributed by atoms with E-state index in [0.29, 0.717) is 5.70 Å². The number of imide groups is 1. The molecule has 0 aromatic heterocycles. The average Bonchev–Trinajstić information content (AvgIpc) is 2.75. The number of likely N-dealkylation sites (N-methyl/N-ethyl adjacent to an activating group) is 2. The van der Waals surface area contributed by atoms with E-state index in [9.17, 15) is 9.59 Å². The van der Waals surface area contributed by atoms with Gasteiger partial charge in [-0.1, -0.05) is 6.08 Å². The fourth-order valence-corrected chi connectivity index (χ4v) is 2.69. The number of urea groups is 1. The van der Waals surface area contributed by atoms with Crippen LogP contribution >= 0.6 is 0 Å². The highest BCUT2D eigenvalue weighted by molar-refractivity contribution is 6.11. The van der Waals surface area contributed by atoms with Gasteiger partial charge in [-0.2, -0.15) is 0 Å². The highest BCUT2D eigenvalue weighted by Gasteiger charge is 2.38. The molecule has 0 radical (unpaired) electrons. The number of amides is 3. The van der Waals surface area contributed by atoms with Crippen LogP contribution < -0.4 is 0 Å². The molecule has 2 aliphatic rings. The summed E-state index contributed by atoms with van der Waals surface area (Å²) in [6, 6.07) is -0.254. The van der Waals surface area contributed by atoms with Crippen molar-refractivity contribution >= 4 is 11.9 Å². The summed E-state index contributed by atoms with van der Waals surface area (Å²) >= 11 is 0. The van der Waals surface area contributed by atoms with Gasteiger partial charge in [0.15, 0.2) is 0 Å². The van der Waals surface area contributed by atoms with Crippen LogP contribution in [0.25, 0.3) is 0 Å². The number of hydrogen-bond donors (Lipinski definition) is 0. The van der Waals surface area contributed by atoms with Crippen LogP contribution in [-0.4, -0.2) is 59.9 Å². The molecule has 0 spiro atoms. The normalized spacial score (nSPS) is 32.1. The second-order valence-corrected chi connectivity index (χ2v) is 5.52.